The first-order valence-corrected chi connectivity index (χ1v) is 9.83. The standard InChI is InChI=1S/C15H17FN4O2.C6H10O4/c1-2-22-15(21)19-12-7-8-13(20-14(12)17)18-9-10-3-5-11(16)6-4-10;7-5(8)3-1-2-4-6(9)10/h3-8H,2,9H2,1H3,(H,19,21)(H3,17,18,20);1-4H2,(H,7,8)(H,9,10). The van der Waals surface area contributed by atoms with Gasteiger partial charge in [0.25, 0.3) is 0 Å². The first-order valence-electron chi connectivity index (χ1n) is 9.83. The Hall–Kier alpha value is -3.89. The smallest absolute Gasteiger partial charge is 0.411 e. The number of hydrogen-bond acceptors (Lipinski definition) is 7. The van der Waals surface area contributed by atoms with Crippen molar-refractivity contribution in [3.05, 3.63) is 47.8 Å². The van der Waals surface area contributed by atoms with Crippen LogP contribution >= 0.6 is 0 Å². The minimum atomic E-state index is -0.870. The van der Waals surface area contributed by atoms with Gasteiger partial charge in [-0.2, -0.15) is 0 Å². The number of nitrogens with one attached hydrogen (secondary N) is 2. The molecular formula is C21H27FN4O6. The predicted molar refractivity (Wildman–Crippen MR) is 117 cm³/mol. The number of anilines is 3. The fourth-order valence-corrected chi connectivity index (χ4v) is 2.30. The fraction of sp³-hybridized carbons (Fsp3) is 0.333. The Bertz CT molecular complexity index is 876. The molecule has 11 heteroatoms. The number of rotatable bonds is 10. The molecule has 0 saturated heterocycles. The molecule has 174 valence electrons. The van der Waals surface area contributed by atoms with Crippen LogP contribution in [0.25, 0.3) is 0 Å². The van der Waals surface area contributed by atoms with Crippen LogP contribution in [0.2, 0.25) is 0 Å². The van der Waals surface area contributed by atoms with Gasteiger partial charge in [-0.05, 0) is 49.6 Å². The summed E-state index contributed by atoms with van der Waals surface area (Å²) in [5.41, 5.74) is 7.08. The number of aliphatic carboxylic acids is 2. The zero-order valence-electron chi connectivity index (χ0n) is 17.6. The largest absolute Gasteiger partial charge is 0.481 e. The zero-order valence-corrected chi connectivity index (χ0v) is 17.6. The molecule has 0 fully saturated rings. The third-order valence-corrected chi connectivity index (χ3v) is 3.86. The lowest BCUT2D eigenvalue weighted by Gasteiger charge is -2.10. The summed E-state index contributed by atoms with van der Waals surface area (Å²) in [6.45, 7) is 2.47. The molecule has 1 amide bonds. The van der Waals surface area contributed by atoms with Crippen LogP contribution in [-0.2, 0) is 20.9 Å². The molecule has 0 bridgehead atoms. The van der Waals surface area contributed by atoms with Gasteiger partial charge in [-0.15, -0.1) is 0 Å². The van der Waals surface area contributed by atoms with E-state index in [0.29, 0.717) is 30.9 Å². The molecule has 0 aliphatic carbocycles. The quantitative estimate of drug-likeness (QED) is 0.339. The number of benzene rings is 1. The molecular weight excluding hydrogens is 423 g/mol. The van der Waals surface area contributed by atoms with Crippen molar-refractivity contribution in [2.24, 2.45) is 0 Å². The number of nitrogen functional groups attached to an aromatic ring is 1. The summed E-state index contributed by atoms with van der Waals surface area (Å²) < 4.78 is 17.6. The number of carbonyl (C=O) groups is 3. The highest BCUT2D eigenvalue weighted by Gasteiger charge is 2.07. The van der Waals surface area contributed by atoms with Crippen LogP contribution in [0, 0.1) is 5.82 Å². The Morgan fingerprint density at radius 3 is 2.12 bits per heavy atom. The lowest BCUT2D eigenvalue weighted by molar-refractivity contribution is -0.139. The molecule has 2 rings (SSSR count). The number of halogens is 1. The molecule has 1 aromatic heterocycles. The van der Waals surface area contributed by atoms with Gasteiger partial charge < -0.3 is 26.0 Å². The number of unbranched alkanes of at least 4 members (excludes halogenated alkanes) is 1. The number of carboxylic acids is 2. The van der Waals surface area contributed by atoms with E-state index in [-0.39, 0.29) is 31.1 Å². The summed E-state index contributed by atoms with van der Waals surface area (Å²) in [6.07, 6.45) is 0.437. The van der Waals surface area contributed by atoms with E-state index in [0.717, 1.165) is 5.56 Å². The molecule has 6 N–H and O–H groups in total. The second-order valence-corrected chi connectivity index (χ2v) is 6.45. The van der Waals surface area contributed by atoms with Crippen LogP contribution in [0.5, 0.6) is 0 Å². The molecule has 1 aromatic carbocycles. The lowest BCUT2D eigenvalue weighted by Crippen LogP contribution is -2.15. The van der Waals surface area contributed by atoms with Crippen LogP contribution in [-0.4, -0.2) is 39.8 Å². The molecule has 0 aliphatic heterocycles. The van der Waals surface area contributed by atoms with E-state index in [1.54, 1.807) is 31.2 Å². The van der Waals surface area contributed by atoms with Crippen molar-refractivity contribution < 1.29 is 33.7 Å². The molecule has 0 spiro atoms. The third-order valence-electron chi connectivity index (χ3n) is 3.86. The number of carboxylic acid groups (broad SMARTS) is 2. The number of carbonyl (C=O) groups excluding carboxylic acids is 1. The van der Waals surface area contributed by atoms with E-state index in [1.807, 2.05) is 0 Å². The molecule has 2 aromatic rings. The summed E-state index contributed by atoms with van der Waals surface area (Å²) >= 11 is 0. The Morgan fingerprint density at radius 2 is 1.62 bits per heavy atom. The lowest BCUT2D eigenvalue weighted by atomic mass is 10.2. The maximum Gasteiger partial charge on any atom is 0.411 e. The number of amides is 1. The van der Waals surface area contributed by atoms with E-state index < -0.39 is 18.0 Å². The number of ether oxygens (including phenoxy) is 1. The Kier molecular flexibility index (Phi) is 11.6. The maximum absolute atomic E-state index is 12.8. The first kappa shape index (κ1) is 26.1. The number of aromatic nitrogens is 1. The van der Waals surface area contributed by atoms with E-state index in [9.17, 15) is 18.8 Å². The van der Waals surface area contributed by atoms with Crippen molar-refractivity contribution in [3.63, 3.8) is 0 Å². The van der Waals surface area contributed by atoms with E-state index >= 15 is 0 Å². The molecule has 1 heterocycles. The van der Waals surface area contributed by atoms with Crippen LogP contribution in [0.1, 0.15) is 38.2 Å². The van der Waals surface area contributed by atoms with Gasteiger partial charge in [-0.25, -0.2) is 14.2 Å². The Morgan fingerprint density at radius 1 is 1.03 bits per heavy atom. The van der Waals surface area contributed by atoms with E-state index in [2.05, 4.69) is 15.6 Å². The molecule has 10 nitrogen and oxygen atoms in total. The monoisotopic (exact) mass is 450 g/mol. The first-order chi connectivity index (χ1) is 15.2. The number of nitrogens with zero attached hydrogens (tertiary/aromatic N) is 1. The second-order valence-electron chi connectivity index (χ2n) is 6.45. The highest BCUT2D eigenvalue weighted by atomic mass is 19.1. The topological polar surface area (TPSA) is 164 Å². The van der Waals surface area contributed by atoms with E-state index in [4.69, 9.17) is 20.7 Å². The SMILES string of the molecule is CCOC(=O)Nc1ccc(NCc2ccc(F)cc2)nc1N.O=C(O)CCCCC(=O)O. The van der Waals surface area contributed by atoms with Crippen molar-refractivity contribution in [1.29, 1.82) is 0 Å². The van der Waals surface area contributed by atoms with Gasteiger partial charge in [0.05, 0.1) is 12.3 Å². The normalized spacial score (nSPS) is 9.81. The summed E-state index contributed by atoms with van der Waals surface area (Å²) in [4.78, 5) is 35.3. The van der Waals surface area contributed by atoms with Crippen molar-refractivity contribution in [1.82, 2.24) is 4.98 Å². The van der Waals surface area contributed by atoms with Gasteiger partial charge in [-0.1, -0.05) is 12.1 Å². The van der Waals surface area contributed by atoms with Crippen LogP contribution in [0.3, 0.4) is 0 Å². The van der Waals surface area contributed by atoms with Crippen LogP contribution in [0.15, 0.2) is 36.4 Å². The summed E-state index contributed by atoms with van der Waals surface area (Å²) in [5, 5.41) is 21.8. The number of nitrogens with two attached hydrogens (primary N) is 1. The highest BCUT2D eigenvalue weighted by molar-refractivity contribution is 5.88. The summed E-state index contributed by atoms with van der Waals surface area (Å²) in [5.74, 6) is -1.29. The minimum Gasteiger partial charge on any atom is -0.481 e. The van der Waals surface area contributed by atoms with Gasteiger partial charge in [0, 0.05) is 19.4 Å². The van der Waals surface area contributed by atoms with Crippen molar-refractivity contribution >= 4 is 35.4 Å². The summed E-state index contributed by atoms with van der Waals surface area (Å²) in [7, 11) is 0. The number of hydrogen-bond donors (Lipinski definition) is 5. The van der Waals surface area contributed by atoms with Gasteiger partial charge in [0.1, 0.15) is 17.5 Å². The van der Waals surface area contributed by atoms with Gasteiger partial charge in [-0.3, -0.25) is 14.9 Å². The highest BCUT2D eigenvalue weighted by Crippen LogP contribution is 2.19. The van der Waals surface area contributed by atoms with Gasteiger partial charge in [0.15, 0.2) is 0 Å². The molecule has 0 saturated carbocycles. The minimum absolute atomic E-state index is 0.0628. The van der Waals surface area contributed by atoms with Gasteiger partial charge >= 0.3 is 18.0 Å². The average Bonchev–Trinajstić information content (AvgIpc) is 2.73. The Labute approximate surface area is 184 Å². The average molecular weight is 450 g/mol. The van der Waals surface area contributed by atoms with Crippen LogP contribution in [0.4, 0.5) is 26.5 Å². The predicted octanol–water partition coefficient (Wildman–Crippen LogP) is 3.70. The Balaban J connectivity index is 0.000000433. The second kappa shape index (κ2) is 14.2. The molecule has 32 heavy (non-hydrogen) atoms. The fourth-order valence-electron chi connectivity index (χ4n) is 2.30. The summed E-state index contributed by atoms with van der Waals surface area (Å²) in [6, 6.07) is 9.47. The van der Waals surface area contributed by atoms with E-state index in [1.165, 1.54) is 12.1 Å². The third kappa shape index (κ3) is 11.3. The maximum atomic E-state index is 12.8. The number of pyridine rings is 1. The molecule has 0 unspecified atom stereocenters. The van der Waals surface area contributed by atoms with Crippen molar-refractivity contribution in [2.75, 3.05) is 23.0 Å². The van der Waals surface area contributed by atoms with Crippen LogP contribution < -0.4 is 16.4 Å². The zero-order chi connectivity index (χ0) is 23.9. The van der Waals surface area contributed by atoms with Crippen molar-refractivity contribution in [3.8, 4) is 0 Å². The molecule has 0 radical (unpaired) electrons. The van der Waals surface area contributed by atoms with Crippen molar-refractivity contribution in [2.45, 2.75) is 39.2 Å². The van der Waals surface area contributed by atoms with Gasteiger partial charge in [0.2, 0.25) is 0 Å². The molecule has 0 aliphatic rings. The molecule has 0 atom stereocenters.